The van der Waals surface area contributed by atoms with Gasteiger partial charge in [0.25, 0.3) is 0 Å². The summed E-state index contributed by atoms with van der Waals surface area (Å²) in [5.41, 5.74) is 13.1. The smallest absolute Gasteiger partial charge is 0.0541 e. The SMILES string of the molecule is Cc1ccc2c(-c3ccc(N(c4ccccc4)c4ccc(-n5c6ccccc6c6ccccc65)cc4)cc3)c3ccccc3c(-c3ccccc3)c2c1. The van der Waals surface area contributed by atoms with E-state index in [-0.39, 0.29) is 0 Å². The molecule has 0 saturated carbocycles. The predicted molar refractivity (Wildman–Crippen MR) is 226 cm³/mol. The average Bonchev–Trinajstić information content (AvgIpc) is 3.56. The zero-order valence-corrected chi connectivity index (χ0v) is 29.4. The van der Waals surface area contributed by atoms with Crippen LogP contribution >= 0.6 is 0 Å². The van der Waals surface area contributed by atoms with Gasteiger partial charge in [0, 0.05) is 33.5 Å². The topological polar surface area (TPSA) is 8.17 Å². The van der Waals surface area contributed by atoms with Crippen LogP contribution in [0.25, 0.3) is 71.3 Å². The fraction of sp³-hybridized carbons (Fsp3) is 0.0196. The molecule has 0 aliphatic carbocycles. The molecule has 0 spiro atoms. The molecule has 2 nitrogen and oxygen atoms in total. The second-order valence-electron chi connectivity index (χ2n) is 13.8. The van der Waals surface area contributed by atoms with Gasteiger partial charge in [-0.05, 0) is 111 Å². The lowest BCUT2D eigenvalue weighted by Gasteiger charge is -2.26. The van der Waals surface area contributed by atoms with E-state index in [1.54, 1.807) is 0 Å². The first-order chi connectivity index (χ1) is 26.2. The van der Waals surface area contributed by atoms with Gasteiger partial charge in [0.05, 0.1) is 11.0 Å². The molecular formula is C51H36N2. The van der Waals surface area contributed by atoms with Crippen molar-refractivity contribution in [3.8, 4) is 27.9 Å². The summed E-state index contributed by atoms with van der Waals surface area (Å²) in [5.74, 6) is 0. The van der Waals surface area contributed by atoms with Gasteiger partial charge in [-0.3, -0.25) is 0 Å². The Morgan fingerprint density at radius 3 is 1.38 bits per heavy atom. The molecule has 9 aromatic carbocycles. The molecule has 1 heterocycles. The quantitative estimate of drug-likeness (QED) is 0.159. The van der Waals surface area contributed by atoms with Gasteiger partial charge in [-0.1, -0.05) is 145 Å². The molecule has 0 fully saturated rings. The molecule has 0 radical (unpaired) electrons. The van der Waals surface area contributed by atoms with Crippen molar-refractivity contribution < 1.29 is 0 Å². The van der Waals surface area contributed by atoms with E-state index >= 15 is 0 Å². The Kier molecular flexibility index (Phi) is 7.40. The van der Waals surface area contributed by atoms with Crippen molar-refractivity contribution in [2.45, 2.75) is 6.92 Å². The number of nitrogens with zero attached hydrogens (tertiary/aromatic N) is 2. The first-order valence-electron chi connectivity index (χ1n) is 18.3. The molecule has 0 unspecified atom stereocenters. The minimum atomic E-state index is 1.10. The summed E-state index contributed by atoms with van der Waals surface area (Å²) in [6, 6.07) is 72.7. The van der Waals surface area contributed by atoms with E-state index in [1.807, 2.05) is 0 Å². The molecule has 0 atom stereocenters. The highest BCUT2D eigenvalue weighted by Crippen LogP contribution is 2.45. The minimum Gasteiger partial charge on any atom is -0.311 e. The highest BCUT2D eigenvalue weighted by atomic mass is 15.1. The number of aryl methyl sites for hydroxylation is 1. The van der Waals surface area contributed by atoms with Crippen molar-refractivity contribution in [1.82, 2.24) is 4.57 Å². The predicted octanol–water partition coefficient (Wildman–Crippen LogP) is 14.2. The lowest BCUT2D eigenvalue weighted by atomic mass is 9.85. The van der Waals surface area contributed by atoms with E-state index in [2.05, 4.69) is 217 Å². The molecule has 2 heteroatoms. The third-order valence-electron chi connectivity index (χ3n) is 10.6. The maximum atomic E-state index is 2.37. The third-order valence-corrected chi connectivity index (χ3v) is 10.6. The molecule has 0 saturated heterocycles. The Balaban J connectivity index is 1.10. The fourth-order valence-electron chi connectivity index (χ4n) is 8.27. The molecule has 0 N–H and O–H groups in total. The highest BCUT2D eigenvalue weighted by molar-refractivity contribution is 6.21. The van der Waals surface area contributed by atoms with Crippen LogP contribution < -0.4 is 4.90 Å². The molecule has 250 valence electrons. The lowest BCUT2D eigenvalue weighted by molar-refractivity contribution is 1.17. The summed E-state index contributed by atoms with van der Waals surface area (Å²) in [6.45, 7) is 2.19. The van der Waals surface area contributed by atoms with Crippen molar-refractivity contribution in [1.29, 1.82) is 0 Å². The van der Waals surface area contributed by atoms with Gasteiger partial charge >= 0.3 is 0 Å². The number of fused-ring (bicyclic) bond motifs is 5. The van der Waals surface area contributed by atoms with Crippen LogP contribution in [0.5, 0.6) is 0 Å². The van der Waals surface area contributed by atoms with Crippen molar-refractivity contribution in [2.75, 3.05) is 4.90 Å². The van der Waals surface area contributed by atoms with Crippen LogP contribution in [0, 0.1) is 6.92 Å². The van der Waals surface area contributed by atoms with E-state index < -0.39 is 0 Å². The number of anilines is 3. The van der Waals surface area contributed by atoms with E-state index in [0.717, 1.165) is 22.7 Å². The van der Waals surface area contributed by atoms with Crippen LogP contribution in [-0.2, 0) is 0 Å². The average molecular weight is 677 g/mol. The van der Waals surface area contributed by atoms with Gasteiger partial charge in [-0.25, -0.2) is 0 Å². The van der Waals surface area contributed by atoms with Crippen molar-refractivity contribution in [2.24, 2.45) is 0 Å². The zero-order valence-electron chi connectivity index (χ0n) is 29.4. The fourth-order valence-corrected chi connectivity index (χ4v) is 8.27. The Bertz CT molecular complexity index is 2870. The number of hydrogen-bond acceptors (Lipinski definition) is 1. The van der Waals surface area contributed by atoms with Crippen molar-refractivity contribution >= 4 is 60.4 Å². The van der Waals surface area contributed by atoms with Crippen molar-refractivity contribution in [3.05, 3.63) is 206 Å². The van der Waals surface area contributed by atoms with Crippen LogP contribution in [0.4, 0.5) is 17.1 Å². The first-order valence-corrected chi connectivity index (χ1v) is 18.3. The van der Waals surface area contributed by atoms with Crippen molar-refractivity contribution in [3.63, 3.8) is 0 Å². The van der Waals surface area contributed by atoms with Gasteiger partial charge in [0.1, 0.15) is 0 Å². The number of hydrogen-bond donors (Lipinski definition) is 0. The maximum absolute atomic E-state index is 2.37. The number of para-hydroxylation sites is 3. The molecule has 10 rings (SSSR count). The first kappa shape index (κ1) is 30.9. The summed E-state index contributed by atoms with van der Waals surface area (Å²) in [6.07, 6.45) is 0. The molecule has 1 aromatic heterocycles. The third kappa shape index (κ3) is 5.19. The Morgan fingerprint density at radius 1 is 0.340 bits per heavy atom. The Hall–Kier alpha value is -6.90. The van der Waals surface area contributed by atoms with E-state index in [9.17, 15) is 0 Å². The summed E-state index contributed by atoms with van der Waals surface area (Å²) in [5, 5.41) is 7.61. The lowest BCUT2D eigenvalue weighted by Crippen LogP contribution is -2.10. The zero-order chi connectivity index (χ0) is 35.3. The van der Waals surface area contributed by atoms with Crippen LogP contribution in [0.3, 0.4) is 0 Å². The van der Waals surface area contributed by atoms with Gasteiger partial charge in [-0.15, -0.1) is 0 Å². The molecule has 10 aromatic rings. The van der Waals surface area contributed by atoms with E-state index in [0.29, 0.717) is 0 Å². The largest absolute Gasteiger partial charge is 0.311 e. The molecule has 0 amide bonds. The Morgan fingerprint density at radius 2 is 0.774 bits per heavy atom. The normalized spacial score (nSPS) is 11.5. The minimum absolute atomic E-state index is 1.10. The van der Waals surface area contributed by atoms with Gasteiger partial charge in [0.2, 0.25) is 0 Å². The van der Waals surface area contributed by atoms with E-state index in [4.69, 9.17) is 0 Å². The van der Waals surface area contributed by atoms with Gasteiger partial charge in [-0.2, -0.15) is 0 Å². The summed E-state index contributed by atoms with van der Waals surface area (Å²) >= 11 is 0. The van der Waals surface area contributed by atoms with Gasteiger partial charge in [0.15, 0.2) is 0 Å². The molecule has 0 aliphatic rings. The standard InChI is InChI=1S/C51H36N2/c1-35-24-33-46-47(34-35)51(36-14-4-2-5-15-36)45-21-9-8-20-44(45)50(46)37-25-27-39(28-26-37)52(38-16-6-3-7-17-38)40-29-31-41(32-30-40)53-48-22-12-10-18-42(48)43-19-11-13-23-49(43)53/h2-34H,1H3. The summed E-state index contributed by atoms with van der Waals surface area (Å²) < 4.78 is 2.37. The van der Waals surface area contributed by atoms with Crippen LogP contribution in [0.1, 0.15) is 5.56 Å². The number of aromatic nitrogens is 1. The number of rotatable bonds is 6. The second-order valence-corrected chi connectivity index (χ2v) is 13.8. The molecular weight excluding hydrogens is 641 g/mol. The van der Waals surface area contributed by atoms with Crippen LogP contribution in [0.2, 0.25) is 0 Å². The number of benzene rings is 9. The second kappa shape index (κ2) is 12.7. The highest BCUT2D eigenvalue weighted by Gasteiger charge is 2.19. The van der Waals surface area contributed by atoms with Gasteiger partial charge < -0.3 is 9.47 Å². The summed E-state index contributed by atoms with van der Waals surface area (Å²) in [7, 11) is 0. The van der Waals surface area contributed by atoms with Crippen LogP contribution in [0.15, 0.2) is 200 Å². The Labute approximate surface area is 309 Å². The van der Waals surface area contributed by atoms with Crippen LogP contribution in [-0.4, -0.2) is 4.57 Å². The maximum Gasteiger partial charge on any atom is 0.0541 e. The molecule has 0 bridgehead atoms. The van der Waals surface area contributed by atoms with E-state index in [1.165, 1.54) is 71.2 Å². The molecule has 0 aliphatic heterocycles. The monoisotopic (exact) mass is 676 g/mol. The summed E-state index contributed by atoms with van der Waals surface area (Å²) in [4.78, 5) is 2.34. The molecule has 53 heavy (non-hydrogen) atoms.